The van der Waals surface area contributed by atoms with Crippen LogP contribution in [-0.2, 0) is 12.8 Å². The highest BCUT2D eigenvalue weighted by molar-refractivity contribution is 9.13. The molecule has 1 aromatic heterocycles. The first-order chi connectivity index (χ1) is 9.19. The summed E-state index contributed by atoms with van der Waals surface area (Å²) in [6.45, 7) is 0. The second-order valence-electron chi connectivity index (χ2n) is 4.97. The molecule has 1 aliphatic carbocycles. The van der Waals surface area contributed by atoms with Gasteiger partial charge in [0, 0.05) is 15.4 Å². The number of hydrogen-bond acceptors (Lipinski definition) is 2. The Hall–Kier alpha value is -0.160. The molecule has 0 saturated heterocycles. The molecule has 0 radical (unpaired) electrons. The number of halogens is 2. The fraction of sp³-hybridized carbons (Fsp3) is 0.333. The van der Waals surface area contributed by atoms with Gasteiger partial charge in [-0.25, -0.2) is 0 Å². The molecule has 0 spiro atoms. The van der Waals surface area contributed by atoms with Crippen molar-refractivity contribution in [2.45, 2.75) is 18.9 Å². The number of rotatable bonds is 3. The smallest absolute Gasteiger partial charge is 0.0843 e. The second-order valence-corrected chi connectivity index (χ2v) is 8.23. The van der Waals surface area contributed by atoms with Gasteiger partial charge in [0.2, 0.25) is 0 Å². The van der Waals surface area contributed by atoms with E-state index in [2.05, 4.69) is 74.6 Å². The molecule has 1 nitrogen and oxygen atoms in total. The van der Waals surface area contributed by atoms with Crippen molar-refractivity contribution < 1.29 is 0 Å². The largest absolute Gasteiger partial charge is 0.312 e. The highest BCUT2D eigenvalue weighted by Crippen LogP contribution is 2.41. The van der Waals surface area contributed by atoms with E-state index < -0.39 is 0 Å². The lowest BCUT2D eigenvalue weighted by molar-refractivity contribution is 0.402. The summed E-state index contributed by atoms with van der Waals surface area (Å²) in [4.78, 5) is 1.40. The van der Waals surface area contributed by atoms with Gasteiger partial charge < -0.3 is 5.32 Å². The third-order valence-electron chi connectivity index (χ3n) is 3.84. The van der Waals surface area contributed by atoms with E-state index in [1.54, 1.807) is 0 Å². The van der Waals surface area contributed by atoms with Crippen LogP contribution >= 0.6 is 43.2 Å². The zero-order valence-corrected chi connectivity index (χ0v) is 14.6. The van der Waals surface area contributed by atoms with E-state index in [1.807, 2.05) is 11.3 Å². The average molecular weight is 401 g/mol. The Morgan fingerprint density at radius 1 is 1.21 bits per heavy atom. The summed E-state index contributed by atoms with van der Waals surface area (Å²) in [6.07, 6.45) is 2.35. The monoisotopic (exact) mass is 399 g/mol. The van der Waals surface area contributed by atoms with Crippen molar-refractivity contribution in [2.75, 3.05) is 7.05 Å². The van der Waals surface area contributed by atoms with E-state index in [9.17, 15) is 0 Å². The van der Waals surface area contributed by atoms with Gasteiger partial charge in [0.15, 0.2) is 0 Å². The molecule has 0 fully saturated rings. The van der Waals surface area contributed by atoms with Crippen molar-refractivity contribution in [1.29, 1.82) is 0 Å². The lowest BCUT2D eigenvalue weighted by atomic mass is 9.95. The van der Waals surface area contributed by atoms with Gasteiger partial charge in [-0.3, -0.25) is 0 Å². The second kappa shape index (κ2) is 5.68. The molecule has 2 aromatic rings. The number of hydrogen-bond donors (Lipinski definition) is 1. The molecule has 1 aromatic carbocycles. The van der Waals surface area contributed by atoms with E-state index in [4.69, 9.17) is 0 Å². The molecule has 0 amide bonds. The van der Waals surface area contributed by atoms with Crippen LogP contribution in [0.2, 0.25) is 0 Å². The number of benzene rings is 1. The van der Waals surface area contributed by atoms with E-state index in [0.717, 1.165) is 4.47 Å². The molecule has 0 aliphatic heterocycles. The summed E-state index contributed by atoms with van der Waals surface area (Å²) in [5, 5.41) is 3.50. The van der Waals surface area contributed by atoms with Crippen LogP contribution < -0.4 is 5.32 Å². The fourth-order valence-corrected chi connectivity index (χ4v) is 5.25. The van der Waals surface area contributed by atoms with Crippen LogP contribution in [0.25, 0.3) is 0 Å². The maximum atomic E-state index is 3.59. The van der Waals surface area contributed by atoms with E-state index in [0.29, 0.717) is 12.0 Å². The van der Waals surface area contributed by atoms with Crippen molar-refractivity contribution in [1.82, 2.24) is 5.32 Å². The van der Waals surface area contributed by atoms with E-state index in [1.165, 1.54) is 32.6 Å². The zero-order valence-electron chi connectivity index (χ0n) is 10.6. The topological polar surface area (TPSA) is 12.0 Å². The minimum absolute atomic E-state index is 0.431. The van der Waals surface area contributed by atoms with Crippen molar-refractivity contribution in [2.24, 2.45) is 5.92 Å². The first-order valence-corrected chi connectivity index (χ1v) is 8.78. The summed E-state index contributed by atoms with van der Waals surface area (Å²) >= 11 is 9.00. The van der Waals surface area contributed by atoms with Crippen LogP contribution in [-0.4, -0.2) is 7.05 Å². The molecule has 0 bridgehead atoms. The Morgan fingerprint density at radius 3 is 2.32 bits per heavy atom. The molecule has 1 atom stereocenters. The van der Waals surface area contributed by atoms with E-state index in [-0.39, 0.29) is 0 Å². The maximum Gasteiger partial charge on any atom is 0.0843 e. The zero-order chi connectivity index (χ0) is 13.4. The fourth-order valence-electron chi connectivity index (χ4n) is 2.96. The molecule has 1 unspecified atom stereocenters. The molecule has 4 heteroatoms. The van der Waals surface area contributed by atoms with Crippen LogP contribution in [0.5, 0.6) is 0 Å². The minimum Gasteiger partial charge on any atom is -0.312 e. The van der Waals surface area contributed by atoms with Gasteiger partial charge in [0.05, 0.1) is 3.79 Å². The van der Waals surface area contributed by atoms with Crippen molar-refractivity contribution in [3.8, 4) is 0 Å². The predicted molar refractivity (Wildman–Crippen MR) is 88.9 cm³/mol. The van der Waals surface area contributed by atoms with Crippen LogP contribution in [0.3, 0.4) is 0 Å². The van der Waals surface area contributed by atoms with Crippen LogP contribution in [0, 0.1) is 5.92 Å². The first kappa shape index (κ1) is 13.8. The van der Waals surface area contributed by atoms with Crippen molar-refractivity contribution in [3.63, 3.8) is 0 Å². The molecule has 0 saturated carbocycles. The lowest BCUT2D eigenvalue weighted by Crippen LogP contribution is -2.24. The summed E-state index contributed by atoms with van der Waals surface area (Å²) in [7, 11) is 2.06. The molecule has 19 heavy (non-hydrogen) atoms. The Labute approximate surface area is 134 Å². The van der Waals surface area contributed by atoms with Crippen LogP contribution in [0.1, 0.15) is 22.0 Å². The van der Waals surface area contributed by atoms with Crippen molar-refractivity contribution >= 4 is 43.2 Å². The average Bonchev–Trinajstić information content (AvgIpc) is 2.95. The molecular weight excluding hydrogens is 386 g/mol. The third-order valence-corrected chi connectivity index (χ3v) is 7.18. The lowest BCUT2D eigenvalue weighted by Gasteiger charge is -2.21. The number of thiophene rings is 1. The molecule has 1 heterocycles. The number of fused-ring (bicyclic) bond motifs is 1. The van der Waals surface area contributed by atoms with Crippen LogP contribution in [0.4, 0.5) is 0 Å². The summed E-state index contributed by atoms with van der Waals surface area (Å²) in [5.74, 6) is 0.653. The van der Waals surface area contributed by atoms with Crippen molar-refractivity contribution in [3.05, 3.63) is 54.6 Å². The highest BCUT2D eigenvalue weighted by atomic mass is 79.9. The van der Waals surface area contributed by atoms with Gasteiger partial charge in [-0.15, -0.1) is 11.3 Å². The van der Waals surface area contributed by atoms with Gasteiger partial charge in [0.25, 0.3) is 0 Å². The maximum absolute atomic E-state index is 3.59. The number of nitrogens with one attached hydrogen (secondary N) is 1. The Kier molecular flexibility index (Phi) is 4.13. The summed E-state index contributed by atoms with van der Waals surface area (Å²) in [6, 6.07) is 11.5. The Morgan fingerprint density at radius 2 is 1.84 bits per heavy atom. The molecule has 1 aliphatic rings. The predicted octanol–water partition coefficient (Wildman–Crippen LogP) is 4.95. The van der Waals surface area contributed by atoms with Gasteiger partial charge in [-0.1, -0.05) is 24.3 Å². The SMILES string of the molecule is CNC(c1cc(Br)c(Br)s1)C1Cc2ccccc2C1. The summed E-state index contributed by atoms with van der Waals surface area (Å²) < 4.78 is 2.33. The Bertz CT molecular complexity index is 549. The molecular formula is C15H15Br2NS. The molecule has 3 rings (SSSR count). The Balaban J connectivity index is 1.85. The molecule has 1 N–H and O–H groups in total. The minimum atomic E-state index is 0.431. The third kappa shape index (κ3) is 2.68. The normalized spacial score (nSPS) is 16.6. The van der Waals surface area contributed by atoms with Gasteiger partial charge in [-0.2, -0.15) is 0 Å². The van der Waals surface area contributed by atoms with Gasteiger partial charge >= 0.3 is 0 Å². The molecule has 100 valence electrons. The van der Waals surface area contributed by atoms with Gasteiger partial charge in [-0.05, 0) is 74.9 Å². The van der Waals surface area contributed by atoms with Crippen LogP contribution in [0.15, 0.2) is 38.6 Å². The standard InChI is InChI=1S/C15H15Br2NS/c1-18-14(13-8-12(16)15(17)19-13)11-6-9-4-2-3-5-10(9)7-11/h2-5,8,11,14,18H,6-7H2,1H3. The van der Waals surface area contributed by atoms with Gasteiger partial charge in [0.1, 0.15) is 0 Å². The highest BCUT2D eigenvalue weighted by Gasteiger charge is 2.29. The quantitative estimate of drug-likeness (QED) is 0.768. The summed E-state index contributed by atoms with van der Waals surface area (Å²) in [5.41, 5.74) is 3.03. The first-order valence-electron chi connectivity index (χ1n) is 6.38. The van der Waals surface area contributed by atoms with E-state index >= 15 is 0 Å².